The molecule has 3 aliphatic carbocycles. The average molecular weight is 607 g/mol. The maximum atomic E-state index is 14.2. The van der Waals surface area contributed by atoms with Crippen molar-refractivity contribution >= 4 is 22.6 Å². The predicted molar refractivity (Wildman–Crippen MR) is 144 cm³/mol. The van der Waals surface area contributed by atoms with Gasteiger partial charge in [-0.2, -0.15) is 8.78 Å². The van der Waals surface area contributed by atoms with Gasteiger partial charge >= 0.3 is 3.93 Å². The summed E-state index contributed by atoms with van der Waals surface area (Å²) in [5.41, 5.74) is -0.570. The molecule has 1 aromatic carbocycles. The fraction of sp³-hybridized carbons (Fsp3) is 0.800. The molecule has 0 bridgehead atoms. The lowest BCUT2D eigenvalue weighted by Gasteiger charge is -2.38. The van der Waals surface area contributed by atoms with Crippen molar-refractivity contribution in [2.75, 3.05) is 0 Å². The Hall–Kier alpha value is -0.330. The van der Waals surface area contributed by atoms with Gasteiger partial charge < -0.3 is 0 Å². The molecule has 35 heavy (non-hydrogen) atoms. The van der Waals surface area contributed by atoms with Crippen LogP contribution in [-0.4, -0.2) is 0 Å². The summed E-state index contributed by atoms with van der Waals surface area (Å²) in [6.45, 7) is 2.32. The molecule has 0 aromatic heterocycles. The van der Waals surface area contributed by atoms with Crippen LogP contribution in [0.5, 0.6) is 0 Å². The van der Waals surface area contributed by atoms with Crippen LogP contribution >= 0.6 is 22.6 Å². The Kier molecular flexibility index (Phi) is 9.87. The minimum Gasteiger partial charge on any atom is -0.206 e. The first kappa shape index (κ1) is 27.7. The summed E-state index contributed by atoms with van der Waals surface area (Å²) in [5, 5.41) is 0. The highest BCUT2D eigenvalue weighted by atomic mass is 127. The monoisotopic (exact) mass is 606 g/mol. The molecule has 0 N–H and O–H groups in total. The van der Waals surface area contributed by atoms with E-state index >= 15 is 0 Å². The molecule has 0 spiro atoms. The molecule has 0 nitrogen and oxygen atoms in total. The lowest BCUT2D eigenvalue weighted by molar-refractivity contribution is 0.117. The summed E-state index contributed by atoms with van der Waals surface area (Å²) in [4.78, 5) is 0. The molecule has 0 saturated heterocycles. The zero-order valence-electron chi connectivity index (χ0n) is 21.3. The van der Waals surface area contributed by atoms with Crippen LogP contribution in [0.4, 0.5) is 17.6 Å². The first-order valence-corrected chi connectivity index (χ1v) is 15.4. The Balaban J connectivity index is 1.16. The van der Waals surface area contributed by atoms with Crippen LogP contribution in [0.3, 0.4) is 0 Å². The SMILES string of the molecule is CCCC1CCC(C2CCC(CCC3CCC(c4cc(F)c(C(F)(F)I)c(F)c4)CC3)CC2)CC1. The molecule has 4 rings (SSSR count). The van der Waals surface area contributed by atoms with E-state index in [0.29, 0.717) is 11.5 Å². The van der Waals surface area contributed by atoms with Crippen molar-refractivity contribution in [3.05, 3.63) is 34.9 Å². The van der Waals surface area contributed by atoms with E-state index in [1.807, 2.05) is 0 Å². The normalized spacial score (nSPS) is 32.5. The van der Waals surface area contributed by atoms with Gasteiger partial charge in [0.1, 0.15) is 17.2 Å². The van der Waals surface area contributed by atoms with Gasteiger partial charge in [-0.25, -0.2) is 8.78 Å². The van der Waals surface area contributed by atoms with Gasteiger partial charge in [-0.3, -0.25) is 0 Å². The van der Waals surface area contributed by atoms with Crippen molar-refractivity contribution in [2.24, 2.45) is 29.6 Å². The average Bonchev–Trinajstić information content (AvgIpc) is 2.83. The van der Waals surface area contributed by atoms with Crippen LogP contribution in [-0.2, 0) is 3.93 Å². The highest BCUT2D eigenvalue weighted by Crippen LogP contribution is 2.45. The van der Waals surface area contributed by atoms with Crippen LogP contribution in [0.1, 0.15) is 127 Å². The first-order valence-electron chi connectivity index (χ1n) is 14.3. The van der Waals surface area contributed by atoms with Gasteiger partial charge in [0.15, 0.2) is 0 Å². The molecule has 3 fully saturated rings. The number of hydrogen-bond acceptors (Lipinski definition) is 0. The lowest BCUT2D eigenvalue weighted by Crippen LogP contribution is -2.26. The Labute approximate surface area is 223 Å². The standard InChI is InChI=1S/C30H43F4I/c1-2-3-20-6-12-23(13-7-20)24-14-8-21(9-15-24)4-5-22-10-16-25(17-11-22)26-18-27(31)29(28(32)19-26)30(33,34)35/h18-25H,2-17H2,1H3. The van der Waals surface area contributed by atoms with Crippen LogP contribution in [0.2, 0.25) is 0 Å². The number of alkyl halides is 3. The van der Waals surface area contributed by atoms with E-state index in [4.69, 9.17) is 0 Å². The molecule has 1 aromatic rings. The second-order valence-electron chi connectivity index (χ2n) is 12.0. The highest BCUT2D eigenvalue weighted by molar-refractivity contribution is 14.1. The lowest BCUT2D eigenvalue weighted by atomic mass is 9.68. The van der Waals surface area contributed by atoms with Gasteiger partial charge in [-0.15, -0.1) is 0 Å². The Morgan fingerprint density at radius 2 is 1.09 bits per heavy atom. The number of halogens is 5. The van der Waals surface area contributed by atoms with Crippen molar-refractivity contribution in [3.63, 3.8) is 0 Å². The van der Waals surface area contributed by atoms with E-state index < -0.39 is 21.1 Å². The van der Waals surface area contributed by atoms with Gasteiger partial charge in [0, 0.05) is 22.6 Å². The van der Waals surface area contributed by atoms with Crippen molar-refractivity contribution in [3.8, 4) is 0 Å². The van der Waals surface area contributed by atoms with Crippen molar-refractivity contribution in [1.29, 1.82) is 0 Å². The minimum atomic E-state index is -3.53. The molecule has 0 aliphatic heterocycles. The summed E-state index contributed by atoms with van der Waals surface area (Å²) < 4.78 is 51.9. The zero-order chi connectivity index (χ0) is 25.0. The van der Waals surface area contributed by atoms with E-state index in [2.05, 4.69) is 6.92 Å². The second-order valence-corrected chi connectivity index (χ2v) is 13.4. The molecular weight excluding hydrogens is 563 g/mol. The molecule has 0 unspecified atom stereocenters. The van der Waals surface area contributed by atoms with E-state index in [0.717, 1.165) is 84.1 Å². The topological polar surface area (TPSA) is 0 Å². The maximum absolute atomic E-state index is 14.2. The van der Waals surface area contributed by atoms with Gasteiger partial charge in [0.2, 0.25) is 0 Å². The zero-order valence-corrected chi connectivity index (χ0v) is 23.5. The molecule has 0 radical (unpaired) electrons. The summed E-state index contributed by atoms with van der Waals surface area (Å²) in [7, 11) is 0. The van der Waals surface area contributed by atoms with E-state index in [1.54, 1.807) is 0 Å². The number of benzene rings is 1. The van der Waals surface area contributed by atoms with Crippen LogP contribution in [0.15, 0.2) is 12.1 Å². The molecule has 3 aliphatic rings. The molecule has 0 heterocycles. The van der Waals surface area contributed by atoms with Crippen molar-refractivity contribution < 1.29 is 17.6 Å². The Morgan fingerprint density at radius 1 is 0.686 bits per heavy atom. The third-order valence-corrected chi connectivity index (χ3v) is 10.3. The summed E-state index contributed by atoms with van der Waals surface area (Å²) in [6, 6.07) is 2.29. The van der Waals surface area contributed by atoms with Crippen molar-refractivity contribution in [2.45, 2.75) is 120 Å². The van der Waals surface area contributed by atoms with Gasteiger partial charge in [-0.1, -0.05) is 58.3 Å². The maximum Gasteiger partial charge on any atom is 0.327 e. The smallest absolute Gasteiger partial charge is 0.206 e. The Morgan fingerprint density at radius 3 is 1.49 bits per heavy atom. The first-order chi connectivity index (χ1) is 16.7. The third-order valence-electron chi connectivity index (χ3n) is 9.80. The minimum absolute atomic E-state index is 0.0787. The Bertz CT molecular complexity index is 772. The number of hydrogen-bond donors (Lipinski definition) is 0. The van der Waals surface area contributed by atoms with Crippen molar-refractivity contribution in [1.82, 2.24) is 0 Å². The summed E-state index contributed by atoms with van der Waals surface area (Å²) >= 11 is 0.792. The molecular formula is C30H43F4I. The van der Waals surface area contributed by atoms with E-state index in [9.17, 15) is 17.6 Å². The van der Waals surface area contributed by atoms with Gasteiger partial charge in [0.25, 0.3) is 0 Å². The molecule has 0 amide bonds. The van der Waals surface area contributed by atoms with Crippen LogP contribution in [0.25, 0.3) is 0 Å². The molecule has 5 heteroatoms. The fourth-order valence-electron chi connectivity index (χ4n) is 7.66. The van der Waals surface area contributed by atoms with E-state index in [-0.39, 0.29) is 5.92 Å². The van der Waals surface area contributed by atoms with Crippen LogP contribution in [0, 0.1) is 41.2 Å². The number of rotatable bonds is 8. The molecule has 3 saturated carbocycles. The highest BCUT2D eigenvalue weighted by Gasteiger charge is 2.36. The summed E-state index contributed by atoms with van der Waals surface area (Å²) in [5.74, 6) is 2.39. The van der Waals surface area contributed by atoms with Crippen LogP contribution < -0.4 is 0 Å². The second kappa shape index (κ2) is 12.5. The summed E-state index contributed by atoms with van der Waals surface area (Å²) in [6.07, 6.45) is 20.9. The van der Waals surface area contributed by atoms with Gasteiger partial charge in [0.05, 0.1) is 0 Å². The molecule has 0 atom stereocenters. The third kappa shape index (κ3) is 7.37. The predicted octanol–water partition coefficient (Wildman–Crippen LogP) is 10.9. The quantitative estimate of drug-likeness (QED) is 0.157. The fourth-order valence-corrected chi connectivity index (χ4v) is 8.18. The largest absolute Gasteiger partial charge is 0.327 e. The molecule has 198 valence electrons. The van der Waals surface area contributed by atoms with Gasteiger partial charge in [-0.05, 0) is 105 Å². The van der Waals surface area contributed by atoms with E-state index in [1.165, 1.54) is 77.0 Å².